The Hall–Kier alpha value is -0.370. The first kappa shape index (κ1) is 13.1. The van der Waals surface area contributed by atoms with E-state index in [2.05, 4.69) is 13.8 Å². The fourth-order valence-electron chi connectivity index (χ4n) is 7.29. The lowest BCUT2D eigenvalue weighted by molar-refractivity contribution is -0.137. The molecular formula is C19H28O2. The third-order valence-electron chi connectivity index (χ3n) is 8.62. The molecule has 8 atom stereocenters. The van der Waals surface area contributed by atoms with E-state index >= 15 is 0 Å². The van der Waals surface area contributed by atoms with Gasteiger partial charge in [0.1, 0.15) is 5.78 Å². The molecule has 1 aliphatic heterocycles. The van der Waals surface area contributed by atoms with Gasteiger partial charge < -0.3 is 4.74 Å². The van der Waals surface area contributed by atoms with E-state index in [1.807, 2.05) is 0 Å². The molecule has 4 aliphatic carbocycles. The van der Waals surface area contributed by atoms with Crippen LogP contribution in [0.5, 0.6) is 0 Å². The molecule has 0 radical (unpaired) electrons. The minimum Gasteiger partial charge on any atom is -0.370 e. The number of epoxide rings is 1. The molecule has 5 rings (SSSR count). The van der Waals surface area contributed by atoms with Crippen molar-refractivity contribution in [2.75, 3.05) is 0 Å². The van der Waals surface area contributed by atoms with Crippen molar-refractivity contribution in [1.82, 2.24) is 0 Å². The highest BCUT2D eigenvalue weighted by molar-refractivity contribution is 5.87. The smallest absolute Gasteiger partial charge is 0.139 e. The zero-order valence-electron chi connectivity index (χ0n) is 13.4. The molecular weight excluding hydrogens is 260 g/mol. The number of ketones is 1. The molecule has 0 aromatic rings. The first-order valence-electron chi connectivity index (χ1n) is 9.21. The summed E-state index contributed by atoms with van der Waals surface area (Å²) >= 11 is 0. The predicted molar refractivity (Wildman–Crippen MR) is 80.8 cm³/mol. The lowest BCUT2D eigenvalue weighted by Gasteiger charge is -2.59. The third kappa shape index (κ3) is 1.56. The maximum atomic E-state index is 12.4. The summed E-state index contributed by atoms with van der Waals surface area (Å²) in [6.45, 7) is 4.87. The summed E-state index contributed by atoms with van der Waals surface area (Å²) in [5.41, 5.74) is 0.547. The number of Topliss-reactive ketones (excluding diaryl/α,β-unsaturated/α-hetero) is 1. The number of ether oxygens (including phenoxy) is 1. The van der Waals surface area contributed by atoms with Crippen LogP contribution in [0.25, 0.3) is 0 Å². The zero-order valence-corrected chi connectivity index (χ0v) is 13.4. The van der Waals surface area contributed by atoms with Crippen LogP contribution >= 0.6 is 0 Å². The number of hydrogen-bond donors (Lipinski definition) is 0. The summed E-state index contributed by atoms with van der Waals surface area (Å²) in [5.74, 6) is 3.85. The van der Waals surface area contributed by atoms with Crippen LogP contribution in [0.3, 0.4) is 0 Å². The lowest BCUT2D eigenvalue weighted by Crippen LogP contribution is -2.53. The van der Waals surface area contributed by atoms with E-state index in [0.717, 1.165) is 30.6 Å². The van der Waals surface area contributed by atoms with Crippen molar-refractivity contribution in [2.24, 2.45) is 34.5 Å². The summed E-state index contributed by atoms with van der Waals surface area (Å²) in [5, 5.41) is 0. The predicted octanol–water partition coefficient (Wildman–Crippen LogP) is 3.98. The van der Waals surface area contributed by atoms with Gasteiger partial charge in [0.25, 0.3) is 0 Å². The molecule has 4 saturated carbocycles. The summed E-state index contributed by atoms with van der Waals surface area (Å²) in [6, 6.07) is 0. The van der Waals surface area contributed by atoms with Crippen molar-refractivity contribution >= 4 is 5.78 Å². The number of rotatable bonds is 0. The first-order valence-corrected chi connectivity index (χ1v) is 9.21. The monoisotopic (exact) mass is 288 g/mol. The maximum Gasteiger partial charge on any atom is 0.139 e. The Balaban J connectivity index is 1.49. The van der Waals surface area contributed by atoms with E-state index in [9.17, 15) is 4.79 Å². The van der Waals surface area contributed by atoms with Crippen molar-refractivity contribution < 1.29 is 9.53 Å². The second kappa shape index (κ2) is 3.93. The van der Waals surface area contributed by atoms with E-state index in [1.165, 1.54) is 38.5 Å². The molecule has 0 spiro atoms. The first-order chi connectivity index (χ1) is 10.0. The Morgan fingerprint density at radius 1 is 1.05 bits per heavy atom. The van der Waals surface area contributed by atoms with Gasteiger partial charge >= 0.3 is 0 Å². The second-order valence-corrected chi connectivity index (χ2v) is 9.23. The van der Waals surface area contributed by atoms with Crippen LogP contribution < -0.4 is 0 Å². The Morgan fingerprint density at radius 2 is 1.90 bits per heavy atom. The Bertz CT molecular complexity index is 500. The number of hydrogen-bond acceptors (Lipinski definition) is 2. The average molecular weight is 288 g/mol. The van der Waals surface area contributed by atoms with Crippen LogP contribution in [0.15, 0.2) is 0 Å². The Kier molecular flexibility index (Phi) is 2.45. The normalized spacial score (nSPS) is 61.5. The van der Waals surface area contributed by atoms with Gasteiger partial charge in [-0.15, -0.1) is 0 Å². The number of carbonyl (C=O) groups is 1. The zero-order chi connectivity index (χ0) is 14.4. The summed E-state index contributed by atoms with van der Waals surface area (Å²) < 4.78 is 5.88. The topological polar surface area (TPSA) is 29.6 Å². The molecule has 2 nitrogen and oxygen atoms in total. The van der Waals surface area contributed by atoms with Gasteiger partial charge in [-0.1, -0.05) is 13.8 Å². The maximum absolute atomic E-state index is 12.4. The second-order valence-electron chi connectivity index (χ2n) is 9.23. The van der Waals surface area contributed by atoms with Gasteiger partial charge in [0.15, 0.2) is 0 Å². The molecule has 5 fully saturated rings. The molecule has 0 aromatic carbocycles. The van der Waals surface area contributed by atoms with E-state index < -0.39 is 0 Å². The minimum atomic E-state index is 0.0393. The lowest BCUT2D eigenvalue weighted by atomic mass is 9.45. The molecule has 0 bridgehead atoms. The van der Waals surface area contributed by atoms with Crippen molar-refractivity contribution in [3.05, 3.63) is 0 Å². The summed E-state index contributed by atoms with van der Waals surface area (Å²) in [7, 11) is 0. The highest BCUT2D eigenvalue weighted by Gasteiger charge is 2.63. The third-order valence-corrected chi connectivity index (χ3v) is 8.62. The Morgan fingerprint density at radius 3 is 2.76 bits per heavy atom. The SMILES string of the molecule is C[C@]12C[C@H]3O[C@H]3CC1CCC1C2CC[C@]2(C)C(=O)CCC12. The molecule has 0 N–H and O–H groups in total. The summed E-state index contributed by atoms with van der Waals surface area (Å²) in [6.07, 6.45) is 11.1. The van der Waals surface area contributed by atoms with E-state index in [4.69, 9.17) is 4.74 Å². The van der Waals surface area contributed by atoms with Crippen LogP contribution in [-0.2, 0) is 9.53 Å². The molecule has 116 valence electrons. The number of carbonyl (C=O) groups excluding carboxylic acids is 1. The van der Waals surface area contributed by atoms with Gasteiger partial charge in [-0.2, -0.15) is 0 Å². The van der Waals surface area contributed by atoms with Gasteiger partial charge in [0.2, 0.25) is 0 Å². The van der Waals surface area contributed by atoms with E-state index in [0.29, 0.717) is 29.3 Å². The van der Waals surface area contributed by atoms with Crippen LogP contribution in [0.2, 0.25) is 0 Å². The van der Waals surface area contributed by atoms with Crippen molar-refractivity contribution in [2.45, 2.75) is 77.4 Å². The van der Waals surface area contributed by atoms with Crippen molar-refractivity contribution in [1.29, 1.82) is 0 Å². The van der Waals surface area contributed by atoms with Gasteiger partial charge in [0, 0.05) is 11.8 Å². The van der Waals surface area contributed by atoms with Crippen LogP contribution in [0, 0.1) is 34.5 Å². The molecule has 1 heterocycles. The minimum absolute atomic E-state index is 0.0393. The van der Waals surface area contributed by atoms with Gasteiger partial charge in [0.05, 0.1) is 12.2 Å². The van der Waals surface area contributed by atoms with Crippen LogP contribution in [0.1, 0.15) is 65.2 Å². The quantitative estimate of drug-likeness (QED) is 0.631. The highest BCUT2D eigenvalue weighted by Crippen LogP contribution is 2.67. The highest BCUT2D eigenvalue weighted by atomic mass is 16.6. The van der Waals surface area contributed by atoms with Gasteiger partial charge in [-0.3, -0.25) is 4.79 Å². The van der Waals surface area contributed by atoms with Gasteiger partial charge in [-0.05, 0) is 74.0 Å². The average Bonchev–Trinajstić information content (AvgIpc) is 3.12. The molecule has 0 aromatic heterocycles. The molecule has 4 unspecified atom stereocenters. The molecule has 2 heteroatoms. The van der Waals surface area contributed by atoms with Crippen LogP contribution in [-0.4, -0.2) is 18.0 Å². The van der Waals surface area contributed by atoms with Crippen LogP contribution in [0.4, 0.5) is 0 Å². The fourth-order valence-corrected chi connectivity index (χ4v) is 7.29. The largest absolute Gasteiger partial charge is 0.370 e. The fraction of sp³-hybridized carbons (Fsp3) is 0.947. The van der Waals surface area contributed by atoms with E-state index in [1.54, 1.807) is 0 Å². The molecule has 0 amide bonds. The van der Waals surface area contributed by atoms with Crippen molar-refractivity contribution in [3.63, 3.8) is 0 Å². The summed E-state index contributed by atoms with van der Waals surface area (Å²) in [4.78, 5) is 12.4. The molecule has 21 heavy (non-hydrogen) atoms. The van der Waals surface area contributed by atoms with Crippen molar-refractivity contribution in [3.8, 4) is 0 Å². The van der Waals surface area contributed by atoms with Gasteiger partial charge in [-0.25, -0.2) is 0 Å². The molecule has 5 aliphatic rings. The van der Waals surface area contributed by atoms with E-state index in [-0.39, 0.29) is 5.41 Å². The number of fused-ring (bicyclic) bond motifs is 6. The Labute approximate surface area is 128 Å². The molecule has 1 saturated heterocycles. The standard InChI is InChI=1S/C19H28O2/c1-18-8-7-14-12(13(18)5-6-17(18)20)4-3-11-9-15-16(21-15)10-19(11,14)2/h11-16H,3-10H2,1-2H3/t11?,12?,13?,14?,15-,16+,18-,19-/m0/s1.